The standard InChI is InChI=1S/C18H17BrN2O3S3/c1-25-10-9-21-15-8-7-14(27(2,23)24)11-16(15)26-18(21)20-17(22)12-3-5-13(19)6-4-12/h3-8,11H,9-10H2,1-2H3. The number of amides is 1. The molecule has 0 atom stereocenters. The largest absolute Gasteiger partial charge is 0.316 e. The van der Waals surface area contributed by atoms with Crippen LogP contribution in [-0.2, 0) is 16.4 Å². The van der Waals surface area contributed by atoms with E-state index in [1.165, 1.54) is 17.6 Å². The lowest BCUT2D eigenvalue weighted by molar-refractivity contribution is 0.0998. The highest BCUT2D eigenvalue weighted by atomic mass is 79.9. The van der Waals surface area contributed by atoms with Gasteiger partial charge in [-0.2, -0.15) is 16.8 Å². The summed E-state index contributed by atoms with van der Waals surface area (Å²) in [6.07, 6.45) is 3.20. The third-order valence-electron chi connectivity index (χ3n) is 3.89. The molecule has 9 heteroatoms. The normalized spacial score (nSPS) is 12.6. The summed E-state index contributed by atoms with van der Waals surface area (Å²) in [5, 5.41) is 0. The van der Waals surface area contributed by atoms with Crippen molar-refractivity contribution in [2.75, 3.05) is 18.3 Å². The Morgan fingerprint density at radius 3 is 2.56 bits per heavy atom. The number of hydrogen-bond donors (Lipinski definition) is 0. The molecule has 0 spiro atoms. The van der Waals surface area contributed by atoms with E-state index >= 15 is 0 Å². The van der Waals surface area contributed by atoms with Gasteiger partial charge < -0.3 is 4.57 Å². The van der Waals surface area contributed by atoms with Crippen LogP contribution in [0.25, 0.3) is 10.2 Å². The van der Waals surface area contributed by atoms with Gasteiger partial charge in [-0.15, -0.1) is 0 Å². The Hall–Kier alpha value is -1.42. The van der Waals surface area contributed by atoms with Gasteiger partial charge in [-0.25, -0.2) is 8.42 Å². The smallest absolute Gasteiger partial charge is 0.279 e. The molecule has 2 aromatic carbocycles. The molecule has 0 unspecified atom stereocenters. The first kappa shape index (κ1) is 20.3. The molecule has 142 valence electrons. The third-order valence-corrected chi connectivity index (χ3v) is 7.16. The summed E-state index contributed by atoms with van der Waals surface area (Å²) in [7, 11) is -3.29. The van der Waals surface area contributed by atoms with Crippen molar-refractivity contribution in [3.05, 3.63) is 57.3 Å². The van der Waals surface area contributed by atoms with Crippen molar-refractivity contribution in [1.29, 1.82) is 0 Å². The number of nitrogens with zero attached hydrogens (tertiary/aromatic N) is 2. The molecule has 0 bridgehead atoms. The molecule has 0 aliphatic heterocycles. The first-order chi connectivity index (χ1) is 12.8. The van der Waals surface area contributed by atoms with E-state index in [0.29, 0.717) is 16.9 Å². The minimum absolute atomic E-state index is 0.263. The van der Waals surface area contributed by atoms with E-state index in [2.05, 4.69) is 20.9 Å². The number of aromatic nitrogens is 1. The average Bonchev–Trinajstić information content (AvgIpc) is 2.96. The number of carbonyl (C=O) groups is 1. The van der Waals surface area contributed by atoms with E-state index in [-0.39, 0.29) is 10.8 Å². The van der Waals surface area contributed by atoms with E-state index in [1.54, 1.807) is 54.2 Å². The summed E-state index contributed by atoms with van der Waals surface area (Å²) in [5.41, 5.74) is 1.38. The van der Waals surface area contributed by atoms with E-state index in [9.17, 15) is 13.2 Å². The number of thioether (sulfide) groups is 1. The fourth-order valence-corrected chi connectivity index (χ4v) is 4.96. The van der Waals surface area contributed by atoms with Gasteiger partial charge in [0.05, 0.1) is 15.1 Å². The van der Waals surface area contributed by atoms with E-state index < -0.39 is 9.84 Å². The molecule has 3 aromatic rings. The number of halogens is 1. The lowest BCUT2D eigenvalue weighted by atomic mass is 10.2. The molecule has 27 heavy (non-hydrogen) atoms. The summed E-state index contributed by atoms with van der Waals surface area (Å²) in [5.74, 6) is 0.537. The predicted octanol–water partition coefficient (Wildman–Crippen LogP) is 3.97. The Kier molecular flexibility index (Phi) is 6.25. The van der Waals surface area contributed by atoms with Gasteiger partial charge in [0.1, 0.15) is 0 Å². The first-order valence-corrected chi connectivity index (χ1v) is 12.9. The second kappa shape index (κ2) is 8.30. The maximum atomic E-state index is 12.6. The zero-order valence-electron chi connectivity index (χ0n) is 14.7. The molecule has 0 saturated heterocycles. The molecule has 1 aromatic heterocycles. The molecule has 0 saturated carbocycles. The van der Waals surface area contributed by atoms with Gasteiger partial charge in [-0.1, -0.05) is 27.3 Å². The van der Waals surface area contributed by atoms with Crippen LogP contribution in [-0.4, -0.2) is 37.2 Å². The Bertz CT molecular complexity index is 1160. The molecule has 0 aliphatic carbocycles. The zero-order chi connectivity index (χ0) is 19.6. The van der Waals surface area contributed by atoms with E-state index in [4.69, 9.17) is 0 Å². The van der Waals surface area contributed by atoms with Crippen LogP contribution in [0.4, 0.5) is 0 Å². The molecule has 0 radical (unpaired) electrons. The van der Waals surface area contributed by atoms with Gasteiger partial charge in [-0.05, 0) is 48.7 Å². The Labute approximate surface area is 174 Å². The van der Waals surface area contributed by atoms with Crippen molar-refractivity contribution in [2.24, 2.45) is 4.99 Å². The van der Waals surface area contributed by atoms with Crippen LogP contribution >= 0.6 is 39.0 Å². The fourth-order valence-electron chi connectivity index (χ4n) is 2.51. The second-order valence-electron chi connectivity index (χ2n) is 5.85. The molecule has 1 heterocycles. The van der Waals surface area contributed by atoms with Crippen LogP contribution in [0.1, 0.15) is 10.4 Å². The van der Waals surface area contributed by atoms with Gasteiger partial charge >= 0.3 is 0 Å². The number of benzene rings is 2. The van der Waals surface area contributed by atoms with Gasteiger partial charge in [0.25, 0.3) is 5.91 Å². The lowest BCUT2D eigenvalue weighted by Crippen LogP contribution is -2.18. The number of thiazole rings is 1. The van der Waals surface area contributed by atoms with Crippen LogP contribution in [0.3, 0.4) is 0 Å². The molecule has 0 N–H and O–H groups in total. The van der Waals surface area contributed by atoms with Crippen LogP contribution in [0.2, 0.25) is 0 Å². The summed E-state index contributed by atoms with van der Waals surface area (Å²) in [6.45, 7) is 0.686. The number of aryl methyl sites for hydroxylation is 1. The van der Waals surface area contributed by atoms with Gasteiger partial charge in [0.15, 0.2) is 14.6 Å². The number of sulfone groups is 1. The third kappa shape index (κ3) is 4.71. The molecule has 3 rings (SSSR count). The maximum absolute atomic E-state index is 12.6. The monoisotopic (exact) mass is 484 g/mol. The van der Waals surface area contributed by atoms with Gasteiger partial charge in [0.2, 0.25) is 0 Å². The van der Waals surface area contributed by atoms with Crippen LogP contribution < -0.4 is 4.80 Å². The van der Waals surface area contributed by atoms with Crippen molar-refractivity contribution >= 4 is 65.0 Å². The van der Waals surface area contributed by atoms with Crippen LogP contribution in [0.5, 0.6) is 0 Å². The minimum Gasteiger partial charge on any atom is -0.316 e. The fraction of sp³-hybridized carbons (Fsp3) is 0.222. The molecule has 5 nitrogen and oxygen atoms in total. The number of rotatable bonds is 5. The van der Waals surface area contributed by atoms with Crippen LogP contribution in [0.15, 0.2) is 56.8 Å². The van der Waals surface area contributed by atoms with Crippen molar-refractivity contribution in [3.8, 4) is 0 Å². The Balaban J connectivity index is 2.14. The zero-order valence-corrected chi connectivity index (χ0v) is 18.7. The second-order valence-corrected chi connectivity index (χ2v) is 10.8. The van der Waals surface area contributed by atoms with Gasteiger partial charge in [-0.3, -0.25) is 4.79 Å². The summed E-state index contributed by atoms with van der Waals surface area (Å²) < 4.78 is 27.3. The van der Waals surface area contributed by atoms with Crippen LogP contribution in [0, 0.1) is 0 Å². The van der Waals surface area contributed by atoms with Crippen molar-refractivity contribution in [1.82, 2.24) is 4.57 Å². The number of hydrogen-bond acceptors (Lipinski definition) is 5. The predicted molar refractivity (Wildman–Crippen MR) is 115 cm³/mol. The highest BCUT2D eigenvalue weighted by molar-refractivity contribution is 9.10. The summed E-state index contributed by atoms with van der Waals surface area (Å²) >= 11 is 6.37. The van der Waals surface area contributed by atoms with Gasteiger partial charge in [0, 0.05) is 28.6 Å². The highest BCUT2D eigenvalue weighted by Gasteiger charge is 2.13. The van der Waals surface area contributed by atoms with Crippen molar-refractivity contribution in [3.63, 3.8) is 0 Å². The molecular formula is C18H17BrN2O3S3. The summed E-state index contributed by atoms with van der Waals surface area (Å²) in [6, 6.07) is 12.1. The average molecular weight is 485 g/mol. The summed E-state index contributed by atoms with van der Waals surface area (Å²) in [4.78, 5) is 17.7. The molecule has 0 aliphatic rings. The Morgan fingerprint density at radius 1 is 1.22 bits per heavy atom. The number of fused-ring (bicyclic) bond motifs is 1. The maximum Gasteiger partial charge on any atom is 0.279 e. The van der Waals surface area contributed by atoms with E-state index in [0.717, 1.165) is 20.4 Å². The first-order valence-electron chi connectivity index (χ1n) is 7.96. The topological polar surface area (TPSA) is 68.5 Å². The molecular weight excluding hydrogens is 468 g/mol. The van der Waals surface area contributed by atoms with Crippen molar-refractivity contribution < 1.29 is 13.2 Å². The number of carbonyl (C=O) groups excluding carboxylic acids is 1. The Morgan fingerprint density at radius 2 is 1.93 bits per heavy atom. The quantitative estimate of drug-likeness (QED) is 0.549. The van der Waals surface area contributed by atoms with Crippen molar-refractivity contribution in [2.45, 2.75) is 11.4 Å². The molecule has 1 amide bonds. The minimum atomic E-state index is -3.29. The SMILES string of the molecule is CSCCn1c(=NC(=O)c2ccc(Br)cc2)sc2cc(S(C)(=O)=O)ccc21. The highest BCUT2D eigenvalue weighted by Crippen LogP contribution is 2.22. The lowest BCUT2D eigenvalue weighted by Gasteiger charge is -2.04. The molecule has 0 fully saturated rings. The van der Waals surface area contributed by atoms with E-state index in [1.807, 2.05) is 10.8 Å².